The Labute approximate surface area is 173 Å². The molecule has 154 valence electrons. The van der Waals surface area contributed by atoms with Gasteiger partial charge in [0.15, 0.2) is 4.80 Å². The highest BCUT2D eigenvalue weighted by Crippen LogP contribution is 2.23. The Morgan fingerprint density at radius 2 is 2.00 bits per heavy atom. The van der Waals surface area contributed by atoms with Crippen molar-refractivity contribution in [1.82, 2.24) is 14.3 Å². The molecule has 3 rings (SSSR count). The first kappa shape index (κ1) is 21.0. The third-order valence-corrected chi connectivity index (χ3v) is 5.63. The van der Waals surface area contributed by atoms with Crippen molar-refractivity contribution in [3.63, 3.8) is 0 Å². The van der Waals surface area contributed by atoms with Gasteiger partial charge in [-0.2, -0.15) is 10.1 Å². The number of rotatable bonds is 6. The highest BCUT2D eigenvalue weighted by Gasteiger charge is 2.16. The fourth-order valence-electron chi connectivity index (χ4n) is 3.13. The quantitative estimate of drug-likeness (QED) is 0.577. The summed E-state index contributed by atoms with van der Waals surface area (Å²) in [6.45, 7) is 10.7. The summed E-state index contributed by atoms with van der Waals surface area (Å²) in [6.07, 6.45) is 0. The maximum Gasteiger partial charge on any atom is 0.326 e. The Kier molecular flexibility index (Phi) is 6.32. The van der Waals surface area contributed by atoms with Gasteiger partial charge in [0.1, 0.15) is 12.2 Å². The molecule has 0 atom stereocenters. The summed E-state index contributed by atoms with van der Waals surface area (Å²) in [6, 6.07) is 7.85. The third-order valence-electron chi connectivity index (χ3n) is 4.58. The van der Waals surface area contributed by atoms with Gasteiger partial charge >= 0.3 is 5.97 Å². The average Bonchev–Trinajstić information content (AvgIpc) is 3.21. The van der Waals surface area contributed by atoms with Gasteiger partial charge in [-0.05, 0) is 50.5 Å². The van der Waals surface area contributed by atoms with Crippen LogP contribution in [0.15, 0.2) is 29.3 Å². The predicted molar refractivity (Wildman–Crippen MR) is 113 cm³/mol. The van der Waals surface area contributed by atoms with E-state index in [1.807, 2.05) is 26.0 Å². The molecule has 1 aromatic carbocycles. The Bertz CT molecular complexity index is 1120. The zero-order valence-electron chi connectivity index (χ0n) is 17.4. The summed E-state index contributed by atoms with van der Waals surface area (Å²) >= 11 is 1.40. The van der Waals surface area contributed by atoms with Crippen molar-refractivity contribution >= 4 is 33.4 Å². The van der Waals surface area contributed by atoms with E-state index in [1.165, 1.54) is 16.9 Å². The number of esters is 1. The highest BCUT2D eigenvalue weighted by atomic mass is 32.1. The number of amides is 1. The van der Waals surface area contributed by atoms with Crippen molar-refractivity contribution in [3.05, 3.63) is 46.0 Å². The van der Waals surface area contributed by atoms with Crippen molar-refractivity contribution in [2.45, 2.75) is 53.6 Å². The summed E-state index contributed by atoms with van der Waals surface area (Å²) in [5.74, 6) is -0.354. The molecule has 2 heterocycles. The number of benzene rings is 1. The van der Waals surface area contributed by atoms with Crippen molar-refractivity contribution in [1.29, 1.82) is 0 Å². The van der Waals surface area contributed by atoms with Crippen molar-refractivity contribution in [2.75, 3.05) is 6.61 Å². The first-order valence-electron chi connectivity index (χ1n) is 9.76. The van der Waals surface area contributed by atoms with E-state index in [0.29, 0.717) is 29.6 Å². The fraction of sp³-hybridized carbons (Fsp3) is 0.429. The van der Waals surface area contributed by atoms with E-state index in [-0.39, 0.29) is 18.4 Å². The van der Waals surface area contributed by atoms with Crippen LogP contribution in [0.5, 0.6) is 0 Å². The van der Waals surface area contributed by atoms with E-state index in [9.17, 15) is 9.59 Å². The van der Waals surface area contributed by atoms with Crippen LogP contribution in [0.2, 0.25) is 0 Å². The molecular weight excluding hydrogens is 388 g/mol. The Balaban J connectivity index is 2.14. The second-order valence-electron chi connectivity index (χ2n) is 7.06. The molecule has 1 amide bonds. The molecule has 0 spiro atoms. The summed E-state index contributed by atoms with van der Waals surface area (Å²) in [4.78, 5) is 29.9. The summed E-state index contributed by atoms with van der Waals surface area (Å²) in [7, 11) is 0. The number of thiazole rings is 1. The molecule has 0 saturated heterocycles. The van der Waals surface area contributed by atoms with E-state index >= 15 is 0 Å². The lowest BCUT2D eigenvalue weighted by Crippen LogP contribution is -2.23. The van der Waals surface area contributed by atoms with Crippen LogP contribution in [-0.2, 0) is 22.6 Å². The fourth-order valence-corrected chi connectivity index (χ4v) is 4.20. The smallest absolute Gasteiger partial charge is 0.326 e. The molecular formula is C21H26N4O3S. The van der Waals surface area contributed by atoms with Crippen LogP contribution in [-0.4, -0.2) is 32.8 Å². The molecule has 0 fully saturated rings. The topological polar surface area (TPSA) is 78.5 Å². The molecule has 29 heavy (non-hydrogen) atoms. The Hall–Kier alpha value is -2.74. The first-order valence-corrected chi connectivity index (χ1v) is 10.6. The van der Waals surface area contributed by atoms with E-state index < -0.39 is 0 Å². The molecule has 0 bridgehead atoms. The lowest BCUT2D eigenvalue weighted by Gasteiger charge is -2.07. The summed E-state index contributed by atoms with van der Waals surface area (Å²) < 4.78 is 9.48. The summed E-state index contributed by atoms with van der Waals surface area (Å²) in [5, 5.41) is 4.32. The Morgan fingerprint density at radius 1 is 1.24 bits per heavy atom. The molecule has 7 nitrogen and oxygen atoms in total. The van der Waals surface area contributed by atoms with Crippen molar-refractivity contribution in [3.8, 4) is 0 Å². The molecule has 0 radical (unpaired) electrons. The molecule has 3 aromatic rings. The number of hydrogen-bond acceptors (Lipinski definition) is 5. The van der Waals surface area contributed by atoms with Gasteiger partial charge in [-0.15, -0.1) is 0 Å². The molecule has 0 aliphatic rings. The van der Waals surface area contributed by atoms with Gasteiger partial charge in [-0.3, -0.25) is 14.3 Å². The van der Waals surface area contributed by atoms with Crippen molar-refractivity contribution < 1.29 is 14.3 Å². The Morgan fingerprint density at radius 3 is 2.66 bits per heavy atom. The second-order valence-corrected chi connectivity index (χ2v) is 8.07. The lowest BCUT2D eigenvalue weighted by atomic mass is 10.0. The van der Waals surface area contributed by atoms with Gasteiger partial charge in [-0.25, -0.2) is 0 Å². The van der Waals surface area contributed by atoms with Gasteiger partial charge in [0, 0.05) is 6.54 Å². The van der Waals surface area contributed by atoms with Gasteiger partial charge in [0.2, 0.25) is 0 Å². The van der Waals surface area contributed by atoms with Gasteiger partial charge < -0.3 is 9.30 Å². The number of ether oxygens (including phenoxy) is 1. The average molecular weight is 415 g/mol. The SMILES string of the molecule is CCOC(=O)Cn1c(=NC(=O)c2cc(C)nn2CC)sc2cc(C(C)C)ccc21. The van der Waals surface area contributed by atoms with Crippen LogP contribution in [0.4, 0.5) is 0 Å². The molecule has 0 aliphatic heterocycles. The largest absolute Gasteiger partial charge is 0.465 e. The third kappa shape index (κ3) is 4.48. The van der Waals surface area contributed by atoms with Crippen LogP contribution in [0.3, 0.4) is 0 Å². The zero-order valence-corrected chi connectivity index (χ0v) is 18.2. The van der Waals surface area contributed by atoms with E-state index in [0.717, 1.165) is 15.9 Å². The van der Waals surface area contributed by atoms with Crippen LogP contribution < -0.4 is 4.80 Å². The van der Waals surface area contributed by atoms with Crippen LogP contribution in [0, 0.1) is 6.92 Å². The maximum atomic E-state index is 12.9. The standard InChI is InChI=1S/C21H26N4O3S/c1-6-25-17(10-14(5)23-25)20(27)22-21-24(12-19(26)28-7-2)16-9-8-15(13(3)4)11-18(16)29-21/h8-11,13H,6-7,12H2,1-5H3. The number of carbonyl (C=O) groups excluding carboxylic acids is 2. The first-order chi connectivity index (χ1) is 13.8. The molecule has 0 saturated carbocycles. The van der Waals surface area contributed by atoms with Crippen molar-refractivity contribution in [2.24, 2.45) is 4.99 Å². The van der Waals surface area contributed by atoms with Crippen LogP contribution in [0.1, 0.15) is 55.4 Å². The van der Waals surface area contributed by atoms with E-state index in [2.05, 4.69) is 30.0 Å². The number of hydrogen-bond donors (Lipinski definition) is 0. The minimum Gasteiger partial charge on any atom is -0.465 e. The number of aromatic nitrogens is 3. The van der Waals surface area contributed by atoms with Crippen LogP contribution >= 0.6 is 11.3 Å². The molecule has 2 aromatic heterocycles. The van der Waals surface area contributed by atoms with Gasteiger partial charge in [-0.1, -0.05) is 31.3 Å². The van der Waals surface area contributed by atoms with Gasteiger partial charge in [0.25, 0.3) is 5.91 Å². The van der Waals surface area contributed by atoms with E-state index in [1.54, 1.807) is 22.2 Å². The number of nitrogens with zero attached hydrogens (tertiary/aromatic N) is 4. The zero-order chi connectivity index (χ0) is 21.1. The molecule has 0 aliphatic carbocycles. The number of carbonyl (C=O) groups is 2. The van der Waals surface area contributed by atoms with Crippen LogP contribution in [0.25, 0.3) is 10.2 Å². The number of fused-ring (bicyclic) bond motifs is 1. The molecule has 0 unspecified atom stereocenters. The minimum absolute atomic E-state index is 0.00699. The lowest BCUT2D eigenvalue weighted by molar-refractivity contribution is -0.143. The number of aryl methyl sites for hydroxylation is 2. The van der Waals surface area contributed by atoms with Gasteiger partial charge in [0.05, 0.1) is 22.5 Å². The summed E-state index contributed by atoms with van der Waals surface area (Å²) in [5.41, 5.74) is 3.26. The minimum atomic E-state index is -0.374. The normalized spacial score (nSPS) is 12.1. The predicted octanol–water partition coefficient (Wildman–Crippen LogP) is 3.66. The van der Waals surface area contributed by atoms with E-state index in [4.69, 9.17) is 4.74 Å². The monoisotopic (exact) mass is 414 g/mol. The second kappa shape index (κ2) is 8.73. The highest BCUT2D eigenvalue weighted by molar-refractivity contribution is 7.16. The maximum absolute atomic E-state index is 12.9. The molecule has 0 N–H and O–H groups in total. The molecule has 8 heteroatoms.